The Balaban J connectivity index is 1.53. The standard InChI is InChI=1S/C20H24FN3O/c1-12-19(13(2)23(3)22-12)18-5-4-10-24(18)20(25)17-11-16(17)14-6-8-15(21)9-7-14/h6-9,16-18H,4-5,10-11H2,1-3H3/t16-,17-,18-/m0/s1. The number of aromatic nitrogens is 2. The van der Waals surface area contributed by atoms with E-state index in [1.807, 2.05) is 30.8 Å². The van der Waals surface area contributed by atoms with E-state index in [1.54, 1.807) is 0 Å². The third-order valence-corrected chi connectivity index (χ3v) is 5.84. The van der Waals surface area contributed by atoms with Crippen LogP contribution in [-0.2, 0) is 11.8 Å². The van der Waals surface area contributed by atoms with E-state index in [1.165, 1.54) is 17.7 Å². The Kier molecular flexibility index (Phi) is 3.89. The second-order valence-corrected chi connectivity index (χ2v) is 7.40. The molecule has 0 unspecified atom stereocenters. The van der Waals surface area contributed by atoms with Gasteiger partial charge in [-0.15, -0.1) is 0 Å². The predicted molar refractivity (Wildman–Crippen MR) is 93.6 cm³/mol. The lowest BCUT2D eigenvalue weighted by molar-refractivity contribution is -0.133. The molecule has 4 rings (SSSR count). The van der Waals surface area contributed by atoms with Gasteiger partial charge in [0.2, 0.25) is 5.91 Å². The summed E-state index contributed by atoms with van der Waals surface area (Å²) in [4.78, 5) is 15.2. The van der Waals surface area contributed by atoms with Gasteiger partial charge in [-0.05, 0) is 56.7 Å². The second-order valence-electron chi connectivity index (χ2n) is 7.40. The van der Waals surface area contributed by atoms with Crippen LogP contribution in [-0.4, -0.2) is 27.1 Å². The maximum Gasteiger partial charge on any atom is 0.226 e. The molecule has 2 fully saturated rings. The molecular formula is C20H24FN3O. The molecule has 1 saturated carbocycles. The monoisotopic (exact) mass is 341 g/mol. The summed E-state index contributed by atoms with van der Waals surface area (Å²) in [5.41, 5.74) is 4.46. The molecule has 1 aromatic carbocycles. The summed E-state index contributed by atoms with van der Waals surface area (Å²) in [6.45, 7) is 4.93. The summed E-state index contributed by atoms with van der Waals surface area (Å²) in [6, 6.07) is 6.73. The fourth-order valence-electron chi connectivity index (χ4n) is 4.36. The second kappa shape index (κ2) is 5.97. The normalized spacial score (nSPS) is 25.4. The van der Waals surface area contributed by atoms with Crippen LogP contribution in [0.25, 0.3) is 0 Å². The molecule has 3 atom stereocenters. The van der Waals surface area contributed by atoms with Crippen LogP contribution in [0, 0.1) is 25.6 Å². The Morgan fingerprint density at radius 1 is 1.24 bits per heavy atom. The molecule has 2 aromatic rings. The van der Waals surface area contributed by atoms with Crippen molar-refractivity contribution in [1.29, 1.82) is 0 Å². The fourth-order valence-corrected chi connectivity index (χ4v) is 4.36. The Hall–Kier alpha value is -2.17. The van der Waals surface area contributed by atoms with Gasteiger partial charge in [0, 0.05) is 30.8 Å². The number of amides is 1. The van der Waals surface area contributed by atoms with Crippen LogP contribution in [0.4, 0.5) is 4.39 Å². The number of rotatable bonds is 3. The third-order valence-electron chi connectivity index (χ3n) is 5.84. The number of likely N-dealkylation sites (tertiary alicyclic amines) is 1. The van der Waals surface area contributed by atoms with Gasteiger partial charge in [-0.3, -0.25) is 9.48 Å². The number of hydrogen-bond donors (Lipinski definition) is 0. The molecule has 1 aromatic heterocycles. The Bertz CT molecular complexity index is 811. The van der Waals surface area contributed by atoms with E-state index in [-0.39, 0.29) is 29.6 Å². The van der Waals surface area contributed by atoms with Crippen molar-refractivity contribution >= 4 is 5.91 Å². The maximum atomic E-state index is 13.1. The van der Waals surface area contributed by atoms with Gasteiger partial charge < -0.3 is 4.90 Å². The molecule has 1 saturated heterocycles. The zero-order valence-corrected chi connectivity index (χ0v) is 15.0. The lowest BCUT2D eigenvalue weighted by Crippen LogP contribution is -2.32. The van der Waals surface area contributed by atoms with Crippen molar-refractivity contribution in [2.45, 2.75) is 45.1 Å². The highest BCUT2D eigenvalue weighted by Crippen LogP contribution is 2.50. The summed E-state index contributed by atoms with van der Waals surface area (Å²) < 4.78 is 15.0. The predicted octanol–water partition coefficient (Wildman–Crippen LogP) is 3.64. The molecule has 0 N–H and O–H groups in total. The van der Waals surface area contributed by atoms with Crippen LogP contribution >= 0.6 is 0 Å². The first kappa shape index (κ1) is 16.3. The van der Waals surface area contributed by atoms with Crippen LogP contribution in [0.3, 0.4) is 0 Å². The number of carbonyl (C=O) groups excluding carboxylic acids is 1. The number of benzene rings is 1. The lowest BCUT2D eigenvalue weighted by Gasteiger charge is -2.25. The van der Waals surface area contributed by atoms with Crippen LogP contribution in [0.5, 0.6) is 0 Å². The molecule has 2 aliphatic rings. The number of hydrogen-bond acceptors (Lipinski definition) is 2. The summed E-state index contributed by atoms with van der Waals surface area (Å²) >= 11 is 0. The number of aryl methyl sites for hydroxylation is 2. The van der Waals surface area contributed by atoms with Gasteiger partial charge in [0.05, 0.1) is 11.7 Å². The Morgan fingerprint density at radius 2 is 1.96 bits per heavy atom. The minimum Gasteiger partial charge on any atom is -0.335 e. The molecule has 1 aliphatic carbocycles. The molecule has 2 heterocycles. The van der Waals surface area contributed by atoms with Gasteiger partial charge in [-0.25, -0.2) is 4.39 Å². The molecule has 1 aliphatic heterocycles. The van der Waals surface area contributed by atoms with Gasteiger partial charge >= 0.3 is 0 Å². The molecule has 0 bridgehead atoms. The minimum absolute atomic E-state index is 0.0448. The fraction of sp³-hybridized carbons (Fsp3) is 0.500. The molecular weight excluding hydrogens is 317 g/mol. The molecule has 1 amide bonds. The van der Waals surface area contributed by atoms with Crippen LogP contribution < -0.4 is 0 Å². The quantitative estimate of drug-likeness (QED) is 0.855. The van der Waals surface area contributed by atoms with Gasteiger partial charge in [0.1, 0.15) is 5.82 Å². The van der Waals surface area contributed by atoms with Gasteiger partial charge in [0.25, 0.3) is 0 Å². The van der Waals surface area contributed by atoms with Crippen molar-refractivity contribution in [2.75, 3.05) is 6.54 Å². The highest BCUT2D eigenvalue weighted by molar-refractivity contribution is 5.83. The first-order valence-electron chi connectivity index (χ1n) is 9.03. The molecule has 25 heavy (non-hydrogen) atoms. The van der Waals surface area contributed by atoms with Crippen molar-refractivity contribution in [3.8, 4) is 0 Å². The van der Waals surface area contributed by atoms with Crippen molar-refractivity contribution in [3.05, 3.63) is 52.6 Å². The lowest BCUT2D eigenvalue weighted by atomic mass is 10.0. The number of carbonyl (C=O) groups is 1. The van der Waals surface area contributed by atoms with E-state index in [0.29, 0.717) is 0 Å². The van der Waals surface area contributed by atoms with E-state index in [4.69, 9.17) is 0 Å². The number of halogens is 1. The van der Waals surface area contributed by atoms with Crippen molar-refractivity contribution < 1.29 is 9.18 Å². The van der Waals surface area contributed by atoms with E-state index in [2.05, 4.69) is 16.9 Å². The number of nitrogens with zero attached hydrogens (tertiary/aromatic N) is 3. The Labute approximate surface area is 147 Å². The summed E-state index contributed by atoms with van der Waals surface area (Å²) in [6.07, 6.45) is 2.92. The molecule has 4 nitrogen and oxygen atoms in total. The van der Waals surface area contributed by atoms with Crippen molar-refractivity contribution in [1.82, 2.24) is 14.7 Å². The van der Waals surface area contributed by atoms with E-state index in [9.17, 15) is 9.18 Å². The first-order chi connectivity index (χ1) is 12.0. The van der Waals surface area contributed by atoms with E-state index >= 15 is 0 Å². The smallest absolute Gasteiger partial charge is 0.226 e. The summed E-state index contributed by atoms with van der Waals surface area (Å²) in [5, 5.41) is 4.52. The minimum atomic E-state index is -0.227. The highest BCUT2D eigenvalue weighted by atomic mass is 19.1. The Morgan fingerprint density at radius 3 is 2.60 bits per heavy atom. The van der Waals surface area contributed by atoms with Gasteiger partial charge in [-0.1, -0.05) is 12.1 Å². The molecule has 5 heteroatoms. The van der Waals surface area contributed by atoms with Gasteiger partial charge in [-0.2, -0.15) is 5.10 Å². The highest BCUT2D eigenvalue weighted by Gasteiger charge is 2.48. The zero-order chi connectivity index (χ0) is 17.7. The van der Waals surface area contributed by atoms with Crippen LogP contribution in [0.2, 0.25) is 0 Å². The SMILES string of the molecule is Cc1nn(C)c(C)c1[C@@H]1CCCN1C(=O)[C@H]1C[C@H]1c1ccc(F)cc1. The van der Waals surface area contributed by atoms with Crippen LogP contribution in [0.1, 0.15) is 53.7 Å². The van der Waals surface area contributed by atoms with Crippen molar-refractivity contribution in [2.24, 2.45) is 13.0 Å². The zero-order valence-electron chi connectivity index (χ0n) is 15.0. The molecule has 0 spiro atoms. The van der Waals surface area contributed by atoms with Crippen LogP contribution in [0.15, 0.2) is 24.3 Å². The average molecular weight is 341 g/mol. The maximum absolute atomic E-state index is 13.1. The largest absolute Gasteiger partial charge is 0.335 e. The van der Waals surface area contributed by atoms with Crippen molar-refractivity contribution in [3.63, 3.8) is 0 Å². The van der Waals surface area contributed by atoms with E-state index in [0.717, 1.165) is 42.8 Å². The first-order valence-corrected chi connectivity index (χ1v) is 9.03. The molecule has 132 valence electrons. The summed E-state index contributed by atoms with van der Waals surface area (Å²) in [5.74, 6) is 0.308. The van der Waals surface area contributed by atoms with Gasteiger partial charge in [0.15, 0.2) is 0 Å². The molecule has 0 radical (unpaired) electrons. The topological polar surface area (TPSA) is 38.1 Å². The summed E-state index contributed by atoms with van der Waals surface area (Å²) in [7, 11) is 1.96. The third kappa shape index (κ3) is 2.75. The average Bonchev–Trinajstić information content (AvgIpc) is 3.17. The van der Waals surface area contributed by atoms with E-state index < -0.39 is 0 Å².